The summed E-state index contributed by atoms with van der Waals surface area (Å²) in [6, 6.07) is 16.0. The van der Waals surface area contributed by atoms with Crippen molar-refractivity contribution in [1.29, 1.82) is 0 Å². The number of rotatable bonds is 4. The Morgan fingerprint density at radius 3 is 2.86 bits per heavy atom. The number of pyridine rings is 1. The van der Waals surface area contributed by atoms with E-state index in [1.165, 1.54) is 5.56 Å². The van der Waals surface area contributed by atoms with Crippen LogP contribution in [0.2, 0.25) is 0 Å². The van der Waals surface area contributed by atoms with Crippen LogP contribution in [0.4, 0.5) is 17.5 Å². The topological polar surface area (TPSA) is 93.2 Å². The molecular weight excluding hydrogens is 350 g/mol. The van der Waals surface area contributed by atoms with Gasteiger partial charge < -0.3 is 16.4 Å². The van der Waals surface area contributed by atoms with Gasteiger partial charge in [-0.15, -0.1) is 0 Å². The fraction of sp³-hybridized carbons (Fsp3) is 0.190. The van der Waals surface area contributed by atoms with Crippen LogP contribution < -0.4 is 16.4 Å². The largest absolute Gasteiger partial charge is 0.382 e. The zero-order chi connectivity index (χ0) is 18.9. The zero-order valence-corrected chi connectivity index (χ0v) is 15.3. The number of aromatic nitrogens is 4. The van der Waals surface area contributed by atoms with E-state index in [0.717, 1.165) is 42.2 Å². The number of anilines is 3. The molecule has 5 rings (SSSR count). The Morgan fingerprint density at radius 1 is 1.07 bits per heavy atom. The Labute approximate surface area is 162 Å². The third kappa shape index (κ3) is 2.95. The van der Waals surface area contributed by atoms with Gasteiger partial charge in [0.05, 0.1) is 5.69 Å². The van der Waals surface area contributed by atoms with Crippen molar-refractivity contribution in [3.8, 4) is 11.4 Å². The second kappa shape index (κ2) is 6.94. The summed E-state index contributed by atoms with van der Waals surface area (Å²) in [6.45, 7) is 2.05. The molecule has 1 saturated heterocycles. The van der Waals surface area contributed by atoms with E-state index in [-0.39, 0.29) is 0 Å². The summed E-state index contributed by atoms with van der Waals surface area (Å²) in [7, 11) is 0. The summed E-state index contributed by atoms with van der Waals surface area (Å²) in [6.07, 6.45) is 4.82. The fourth-order valence-electron chi connectivity index (χ4n) is 3.83. The molecule has 0 spiro atoms. The molecular formula is C21H21N7. The standard InChI is InChI=1S/C21H21N7/c22-20-19(28-12-4-3-7-18(28)27-20)17-9-11-24-21(26-17)25-16-6-2-1-5-15(16)14-8-10-23-13-14/h1-7,9,11-12,14,23H,8,10,13,22H2,(H,24,25,26). The predicted octanol–water partition coefficient (Wildman–Crippen LogP) is 3.19. The number of nitrogens with one attached hydrogen (secondary N) is 2. The molecule has 0 saturated carbocycles. The van der Waals surface area contributed by atoms with Gasteiger partial charge in [-0.2, -0.15) is 0 Å². The molecule has 4 heterocycles. The lowest BCUT2D eigenvalue weighted by Crippen LogP contribution is -2.09. The van der Waals surface area contributed by atoms with Crippen LogP contribution in [0.5, 0.6) is 0 Å². The molecule has 7 heteroatoms. The molecule has 4 aromatic rings. The lowest BCUT2D eigenvalue weighted by Gasteiger charge is -2.15. The van der Waals surface area contributed by atoms with Gasteiger partial charge in [-0.3, -0.25) is 4.40 Å². The monoisotopic (exact) mass is 371 g/mol. The van der Waals surface area contributed by atoms with Crippen molar-refractivity contribution in [2.45, 2.75) is 12.3 Å². The normalized spacial score (nSPS) is 16.5. The molecule has 0 aliphatic carbocycles. The highest BCUT2D eigenvalue weighted by molar-refractivity contribution is 5.73. The molecule has 28 heavy (non-hydrogen) atoms. The molecule has 3 aromatic heterocycles. The molecule has 1 aliphatic heterocycles. The first kappa shape index (κ1) is 16.7. The highest BCUT2D eigenvalue weighted by Gasteiger charge is 2.20. The van der Waals surface area contributed by atoms with Crippen molar-refractivity contribution < 1.29 is 0 Å². The predicted molar refractivity (Wildman–Crippen MR) is 111 cm³/mol. The Morgan fingerprint density at radius 2 is 1.96 bits per heavy atom. The number of para-hydroxylation sites is 1. The van der Waals surface area contributed by atoms with Crippen molar-refractivity contribution in [3.05, 3.63) is 66.5 Å². The quantitative estimate of drug-likeness (QED) is 0.510. The van der Waals surface area contributed by atoms with E-state index < -0.39 is 0 Å². The molecule has 7 nitrogen and oxygen atoms in total. The summed E-state index contributed by atoms with van der Waals surface area (Å²) < 4.78 is 1.94. The van der Waals surface area contributed by atoms with E-state index in [1.54, 1.807) is 6.20 Å². The number of benzene rings is 1. The van der Waals surface area contributed by atoms with Gasteiger partial charge in [0.25, 0.3) is 0 Å². The molecule has 140 valence electrons. The number of nitrogens with two attached hydrogens (primary N) is 1. The summed E-state index contributed by atoms with van der Waals surface area (Å²) in [5.74, 6) is 1.50. The smallest absolute Gasteiger partial charge is 0.227 e. The average Bonchev–Trinajstić information content (AvgIpc) is 3.36. The van der Waals surface area contributed by atoms with Gasteiger partial charge in [-0.1, -0.05) is 24.3 Å². The molecule has 0 bridgehead atoms. The summed E-state index contributed by atoms with van der Waals surface area (Å²) in [5, 5.41) is 6.83. The second-order valence-electron chi connectivity index (χ2n) is 6.94. The number of imidazole rings is 1. The van der Waals surface area contributed by atoms with E-state index in [4.69, 9.17) is 10.7 Å². The highest BCUT2D eigenvalue weighted by Crippen LogP contribution is 2.31. The van der Waals surface area contributed by atoms with Gasteiger partial charge in [-0.05, 0) is 48.7 Å². The summed E-state index contributed by atoms with van der Waals surface area (Å²) in [5.41, 5.74) is 10.8. The minimum Gasteiger partial charge on any atom is -0.382 e. The molecule has 1 aromatic carbocycles. The first-order valence-corrected chi connectivity index (χ1v) is 9.42. The zero-order valence-electron chi connectivity index (χ0n) is 15.3. The van der Waals surface area contributed by atoms with Crippen LogP contribution in [0.3, 0.4) is 0 Å². The van der Waals surface area contributed by atoms with Crippen LogP contribution in [0.15, 0.2) is 60.9 Å². The van der Waals surface area contributed by atoms with Gasteiger partial charge in [0.2, 0.25) is 5.95 Å². The lowest BCUT2D eigenvalue weighted by molar-refractivity contribution is 0.765. The van der Waals surface area contributed by atoms with E-state index in [0.29, 0.717) is 17.7 Å². The number of hydrogen-bond acceptors (Lipinski definition) is 6. The molecule has 1 atom stereocenters. The van der Waals surface area contributed by atoms with Crippen molar-refractivity contribution >= 4 is 23.1 Å². The number of fused-ring (bicyclic) bond motifs is 1. The fourth-order valence-corrected chi connectivity index (χ4v) is 3.83. The van der Waals surface area contributed by atoms with Crippen LogP contribution in [0.1, 0.15) is 17.9 Å². The van der Waals surface area contributed by atoms with Crippen molar-refractivity contribution in [2.75, 3.05) is 24.1 Å². The highest BCUT2D eigenvalue weighted by atomic mass is 15.1. The molecule has 0 radical (unpaired) electrons. The van der Waals surface area contributed by atoms with Gasteiger partial charge in [0.15, 0.2) is 5.82 Å². The van der Waals surface area contributed by atoms with Gasteiger partial charge >= 0.3 is 0 Å². The molecule has 1 fully saturated rings. The molecule has 0 amide bonds. The van der Waals surface area contributed by atoms with Crippen LogP contribution in [-0.4, -0.2) is 32.4 Å². The summed E-state index contributed by atoms with van der Waals surface area (Å²) in [4.78, 5) is 13.5. The number of nitrogens with zero attached hydrogens (tertiary/aromatic N) is 4. The maximum absolute atomic E-state index is 6.18. The van der Waals surface area contributed by atoms with Crippen LogP contribution in [0, 0.1) is 0 Å². The lowest BCUT2D eigenvalue weighted by atomic mass is 9.96. The van der Waals surface area contributed by atoms with Crippen molar-refractivity contribution in [1.82, 2.24) is 24.7 Å². The first-order chi connectivity index (χ1) is 13.8. The SMILES string of the molecule is Nc1nc2ccccn2c1-c1ccnc(Nc2ccccc2C2CCNC2)n1. The number of nitrogen functional groups attached to an aromatic ring is 1. The Hall–Kier alpha value is -3.45. The Kier molecular flexibility index (Phi) is 4.14. The average molecular weight is 371 g/mol. The minimum absolute atomic E-state index is 0.452. The van der Waals surface area contributed by atoms with E-state index in [2.05, 4.69) is 38.8 Å². The van der Waals surface area contributed by atoms with Gasteiger partial charge in [-0.25, -0.2) is 15.0 Å². The molecule has 4 N–H and O–H groups in total. The van der Waals surface area contributed by atoms with Crippen molar-refractivity contribution in [2.24, 2.45) is 0 Å². The van der Waals surface area contributed by atoms with Crippen LogP contribution in [0.25, 0.3) is 17.0 Å². The van der Waals surface area contributed by atoms with Crippen LogP contribution >= 0.6 is 0 Å². The third-order valence-corrected chi connectivity index (χ3v) is 5.16. The first-order valence-electron chi connectivity index (χ1n) is 9.42. The maximum Gasteiger partial charge on any atom is 0.227 e. The van der Waals surface area contributed by atoms with Crippen molar-refractivity contribution in [3.63, 3.8) is 0 Å². The van der Waals surface area contributed by atoms with Gasteiger partial charge in [0, 0.05) is 24.6 Å². The third-order valence-electron chi connectivity index (χ3n) is 5.16. The van der Waals surface area contributed by atoms with E-state index >= 15 is 0 Å². The van der Waals surface area contributed by atoms with E-state index in [1.807, 2.05) is 40.9 Å². The Bertz CT molecular complexity index is 1130. The molecule has 1 aliphatic rings. The van der Waals surface area contributed by atoms with Crippen LogP contribution in [-0.2, 0) is 0 Å². The Balaban J connectivity index is 1.51. The summed E-state index contributed by atoms with van der Waals surface area (Å²) >= 11 is 0. The number of hydrogen-bond donors (Lipinski definition) is 3. The maximum atomic E-state index is 6.18. The minimum atomic E-state index is 0.452. The van der Waals surface area contributed by atoms with E-state index in [9.17, 15) is 0 Å². The van der Waals surface area contributed by atoms with Gasteiger partial charge in [0.1, 0.15) is 11.3 Å². The molecule has 1 unspecified atom stereocenters. The second-order valence-corrected chi connectivity index (χ2v) is 6.94.